The molecule has 1 atom stereocenters. The summed E-state index contributed by atoms with van der Waals surface area (Å²) in [4.78, 5) is 32.0. The Balaban J connectivity index is 1.89. The first-order valence-corrected chi connectivity index (χ1v) is 9.94. The third-order valence-electron chi connectivity index (χ3n) is 3.73. The van der Waals surface area contributed by atoms with Crippen molar-refractivity contribution >= 4 is 45.8 Å². The molecule has 1 fully saturated rings. The fraction of sp³-hybridized carbons (Fsp3) is 0.278. The van der Waals surface area contributed by atoms with Crippen LogP contribution in [0.5, 0.6) is 0 Å². The Hall–Kier alpha value is -2.19. The zero-order valence-corrected chi connectivity index (χ0v) is 15.8. The first kappa shape index (κ1) is 18.6. The molecule has 1 N–H and O–H groups in total. The lowest BCUT2D eigenvalue weighted by molar-refractivity contribution is -0.130. The van der Waals surface area contributed by atoms with Gasteiger partial charge in [0.25, 0.3) is 0 Å². The van der Waals surface area contributed by atoms with Crippen LogP contribution in [0.1, 0.15) is 18.2 Å². The van der Waals surface area contributed by atoms with Crippen LogP contribution in [0.25, 0.3) is 0 Å². The number of aliphatic imine (C=N–C) groups is 1. The quantitative estimate of drug-likeness (QED) is 0.848. The highest BCUT2D eigenvalue weighted by Gasteiger charge is 2.35. The molecule has 8 heteroatoms. The number of rotatable bonds is 5. The summed E-state index contributed by atoms with van der Waals surface area (Å²) in [6.45, 7) is 2.75. The molecule has 0 aliphatic carbocycles. The number of nitrogens with one attached hydrogen (secondary N) is 1. The third-order valence-corrected chi connectivity index (χ3v) is 5.78. The van der Waals surface area contributed by atoms with Crippen molar-refractivity contribution in [1.29, 1.82) is 0 Å². The zero-order chi connectivity index (χ0) is 18.5. The van der Waals surface area contributed by atoms with Crippen LogP contribution in [-0.2, 0) is 16.1 Å². The van der Waals surface area contributed by atoms with E-state index in [-0.39, 0.29) is 24.1 Å². The minimum absolute atomic E-state index is 0.129. The summed E-state index contributed by atoms with van der Waals surface area (Å²) >= 11 is 2.82. The minimum Gasteiger partial charge on any atom is -0.355 e. The summed E-state index contributed by atoms with van der Waals surface area (Å²) in [5, 5.41) is 4.65. The molecule has 5 nitrogen and oxygen atoms in total. The second-order valence-electron chi connectivity index (χ2n) is 5.64. The molecule has 3 rings (SSSR count). The van der Waals surface area contributed by atoms with Crippen molar-refractivity contribution in [3.63, 3.8) is 0 Å². The van der Waals surface area contributed by atoms with Gasteiger partial charge in [-0.1, -0.05) is 17.8 Å². The van der Waals surface area contributed by atoms with E-state index in [4.69, 9.17) is 0 Å². The predicted octanol–water partition coefficient (Wildman–Crippen LogP) is 3.55. The normalized spacial score (nSPS) is 19.0. The number of benzene rings is 1. The number of hydrogen-bond donors (Lipinski definition) is 1. The largest absolute Gasteiger partial charge is 0.355 e. The van der Waals surface area contributed by atoms with Crippen molar-refractivity contribution in [2.24, 2.45) is 4.99 Å². The minimum atomic E-state index is -0.513. The highest BCUT2D eigenvalue weighted by molar-refractivity contribution is 8.15. The molecule has 2 aromatic rings. The topological polar surface area (TPSA) is 61.8 Å². The smallest absolute Gasteiger partial charge is 0.234 e. The molecule has 1 aliphatic heterocycles. The van der Waals surface area contributed by atoms with Crippen LogP contribution in [0.4, 0.5) is 10.1 Å². The lowest BCUT2D eigenvalue weighted by Gasteiger charge is -2.31. The van der Waals surface area contributed by atoms with Gasteiger partial charge in [-0.15, -0.1) is 11.3 Å². The van der Waals surface area contributed by atoms with Crippen molar-refractivity contribution in [1.82, 2.24) is 10.2 Å². The Bertz CT molecular complexity index is 806. The van der Waals surface area contributed by atoms with E-state index in [1.807, 2.05) is 24.4 Å². The van der Waals surface area contributed by atoms with Crippen LogP contribution in [0, 0.1) is 5.82 Å². The van der Waals surface area contributed by atoms with Gasteiger partial charge in [0.15, 0.2) is 5.17 Å². The maximum absolute atomic E-state index is 13.1. The average molecular weight is 391 g/mol. The molecule has 2 amide bonds. The highest BCUT2D eigenvalue weighted by Crippen LogP contribution is 2.30. The number of thiophene rings is 1. The summed E-state index contributed by atoms with van der Waals surface area (Å²) in [5.41, 5.74) is 0.537. The van der Waals surface area contributed by atoms with Crippen molar-refractivity contribution in [3.8, 4) is 0 Å². The molecule has 0 saturated carbocycles. The fourth-order valence-electron chi connectivity index (χ4n) is 2.47. The van der Waals surface area contributed by atoms with Crippen LogP contribution in [-0.4, -0.2) is 33.7 Å². The molecule has 1 unspecified atom stereocenters. The number of carbonyl (C=O) groups excluding carboxylic acids is 2. The summed E-state index contributed by atoms with van der Waals surface area (Å²) < 4.78 is 13.1. The zero-order valence-electron chi connectivity index (χ0n) is 14.1. The summed E-state index contributed by atoms with van der Waals surface area (Å²) in [6, 6.07) is 9.61. The van der Waals surface area contributed by atoms with Gasteiger partial charge in [-0.2, -0.15) is 0 Å². The molecular weight excluding hydrogens is 373 g/mol. The molecule has 0 bridgehead atoms. The number of hydrogen-bond acceptors (Lipinski definition) is 5. The number of nitrogens with zero attached hydrogens (tertiary/aromatic N) is 2. The molecular formula is C18H18FN3O2S2. The monoisotopic (exact) mass is 391 g/mol. The van der Waals surface area contributed by atoms with E-state index in [9.17, 15) is 14.0 Å². The maximum atomic E-state index is 13.1. The Labute approximate surface area is 159 Å². The number of amides is 2. The number of carbonyl (C=O) groups is 2. The van der Waals surface area contributed by atoms with Gasteiger partial charge in [-0.05, 0) is 42.6 Å². The van der Waals surface area contributed by atoms with E-state index >= 15 is 0 Å². The van der Waals surface area contributed by atoms with Gasteiger partial charge >= 0.3 is 0 Å². The number of thioether (sulfide) groups is 1. The Morgan fingerprint density at radius 3 is 2.77 bits per heavy atom. The molecule has 0 radical (unpaired) electrons. The van der Waals surface area contributed by atoms with Gasteiger partial charge in [-0.3, -0.25) is 14.5 Å². The van der Waals surface area contributed by atoms with E-state index < -0.39 is 5.25 Å². The number of halogens is 1. The van der Waals surface area contributed by atoms with Crippen molar-refractivity contribution in [2.45, 2.75) is 25.1 Å². The highest BCUT2D eigenvalue weighted by atomic mass is 32.2. The van der Waals surface area contributed by atoms with E-state index in [1.54, 1.807) is 28.4 Å². The standard InChI is InChI=1S/C18H18FN3O2S2/c1-2-20-17(24)15-10-16(23)22(11-14-4-3-9-25-14)18(26-15)21-13-7-5-12(19)6-8-13/h3-9,15H,2,10-11H2,1H3,(H,20,24). The molecule has 1 saturated heterocycles. The molecule has 2 heterocycles. The Kier molecular flexibility index (Phi) is 6.05. The van der Waals surface area contributed by atoms with E-state index in [0.717, 1.165) is 4.88 Å². The van der Waals surface area contributed by atoms with Gasteiger partial charge < -0.3 is 5.32 Å². The van der Waals surface area contributed by atoms with Gasteiger partial charge in [0.05, 0.1) is 17.5 Å². The lowest BCUT2D eigenvalue weighted by atomic mass is 10.2. The summed E-state index contributed by atoms with van der Waals surface area (Å²) in [7, 11) is 0. The molecule has 1 aliphatic rings. The second-order valence-corrected chi connectivity index (χ2v) is 7.84. The maximum Gasteiger partial charge on any atom is 0.234 e. The van der Waals surface area contributed by atoms with Crippen LogP contribution >= 0.6 is 23.1 Å². The summed E-state index contributed by atoms with van der Waals surface area (Å²) in [6.07, 6.45) is 0.129. The van der Waals surface area contributed by atoms with Crippen LogP contribution in [0.3, 0.4) is 0 Å². The van der Waals surface area contributed by atoms with Gasteiger partial charge in [0, 0.05) is 17.8 Å². The molecule has 1 aromatic heterocycles. The molecule has 1 aromatic carbocycles. The Morgan fingerprint density at radius 2 is 2.12 bits per heavy atom. The van der Waals surface area contributed by atoms with Gasteiger partial charge in [-0.25, -0.2) is 9.38 Å². The molecule has 26 heavy (non-hydrogen) atoms. The average Bonchev–Trinajstić information content (AvgIpc) is 3.13. The second kappa shape index (κ2) is 8.46. The van der Waals surface area contributed by atoms with E-state index in [0.29, 0.717) is 23.9 Å². The lowest BCUT2D eigenvalue weighted by Crippen LogP contribution is -2.46. The van der Waals surface area contributed by atoms with Crippen molar-refractivity contribution in [3.05, 3.63) is 52.5 Å². The predicted molar refractivity (Wildman–Crippen MR) is 103 cm³/mol. The summed E-state index contributed by atoms with van der Waals surface area (Å²) in [5.74, 6) is -0.667. The number of amidine groups is 1. The van der Waals surface area contributed by atoms with Crippen LogP contribution < -0.4 is 5.32 Å². The van der Waals surface area contributed by atoms with Crippen LogP contribution in [0.2, 0.25) is 0 Å². The van der Waals surface area contributed by atoms with Crippen molar-refractivity contribution < 1.29 is 14.0 Å². The van der Waals surface area contributed by atoms with Crippen LogP contribution in [0.15, 0.2) is 46.8 Å². The molecule has 136 valence electrons. The van der Waals surface area contributed by atoms with Crippen molar-refractivity contribution in [2.75, 3.05) is 6.54 Å². The first-order valence-electron chi connectivity index (χ1n) is 8.18. The van der Waals surface area contributed by atoms with E-state index in [1.165, 1.54) is 23.9 Å². The molecule has 0 spiro atoms. The SMILES string of the molecule is CCNC(=O)C1CC(=O)N(Cc2cccs2)C(=Nc2ccc(F)cc2)S1. The first-order chi connectivity index (χ1) is 12.6. The Morgan fingerprint density at radius 1 is 1.35 bits per heavy atom. The van der Waals surface area contributed by atoms with Gasteiger partial charge in [0.1, 0.15) is 5.82 Å². The van der Waals surface area contributed by atoms with Gasteiger partial charge in [0.2, 0.25) is 11.8 Å². The van der Waals surface area contributed by atoms with E-state index in [2.05, 4.69) is 10.3 Å². The third kappa shape index (κ3) is 4.50. The fourth-order valence-corrected chi connectivity index (χ4v) is 4.28.